The molecule has 3 nitrogen and oxygen atoms in total. The smallest absolute Gasteiger partial charge is 0.207 e. The first-order chi connectivity index (χ1) is 12.7. The molecule has 6 heteroatoms. The van der Waals surface area contributed by atoms with Crippen LogP contribution in [0.1, 0.15) is 26.5 Å². The molecule has 1 atom stereocenters. The van der Waals surface area contributed by atoms with E-state index in [1.54, 1.807) is 0 Å². The average molecular weight is 511 g/mol. The van der Waals surface area contributed by atoms with E-state index in [1.165, 1.54) is 0 Å². The number of nitrogens with zero attached hydrogens (tertiary/aromatic N) is 1. The van der Waals surface area contributed by atoms with Gasteiger partial charge in [-0.2, -0.15) is 0 Å². The van der Waals surface area contributed by atoms with Gasteiger partial charge in [0.15, 0.2) is 5.50 Å². The van der Waals surface area contributed by atoms with Crippen molar-refractivity contribution in [2.45, 2.75) is 32.9 Å². The van der Waals surface area contributed by atoms with E-state index in [2.05, 4.69) is 52.6 Å². The molecule has 0 aliphatic heterocycles. The summed E-state index contributed by atoms with van der Waals surface area (Å²) in [6.07, 6.45) is 0. The lowest BCUT2D eigenvalue weighted by molar-refractivity contribution is 0.527. The Labute approximate surface area is 177 Å². The van der Waals surface area contributed by atoms with E-state index in [1.807, 2.05) is 67.6 Å². The zero-order valence-corrected chi connectivity index (χ0v) is 19.8. The molecule has 0 saturated heterocycles. The van der Waals surface area contributed by atoms with Crippen molar-refractivity contribution in [3.8, 4) is 5.75 Å². The van der Waals surface area contributed by atoms with Crippen LogP contribution >= 0.6 is 39.1 Å². The molecule has 2 aromatic carbocycles. The van der Waals surface area contributed by atoms with Gasteiger partial charge in [-0.1, -0.05) is 54.9 Å². The van der Waals surface area contributed by atoms with Crippen LogP contribution in [0.25, 0.3) is 0 Å². The van der Waals surface area contributed by atoms with Gasteiger partial charge in [0.2, 0.25) is 7.28 Å². The van der Waals surface area contributed by atoms with Crippen molar-refractivity contribution in [2.75, 3.05) is 0 Å². The molecule has 3 rings (SSSR count). The Bertz CT molecular complexity index is 1010. The van der Waals surface area contributed by atoms with Crippen molar-refractivity contribution in [2.24, 2.45) is 4.74 Å². The first-order valence-corrected chi connectivity index (χ1v) is 11.8. The highest BCUT2D eigenvalue weighted by Crippen LogP contribution is 2.62. The predicted octanol–water partition coefficient (Wildman–Crippen LogP) is 8.06. The first kappa shape index (κ1) is 20.4. The second kappa shape index (κ2) is 7.98. The summed E-state index contributed by atoms with van der Waals surface area (Å²) in [5.41, 5.74) is 1.63. The Morgan fingerprint density at radius 2 is 1.70 bits per heavy atom. The number of furan rings is 1. The number of benzene rings is 2. The number of aryl methyl sites for hydroxylation is 1. The van der Waals surface area contributed by atoms with Crippen LogP contribution in [0.5, 0.6) is 5.75 Å². The van der Waals surface area contributed by atoms with Gasteiger partial charge in [0.1, 0.15) is 11.5 Å². The van der Waals surface area contributed by atoms with Crippen molar-refractivity contribution in [1.29, 1.82) is 0 Å². The van der Waals surface area contributed by atoms with E-state index >= 15 is 0 Å². The maximum Gasteiger partial charge on any atom is 0.207 e. The summed E-state index contributed by atoms with van der Waals surface area (Å²) < 4.78 is 19.9. The highest BCUT2D eigenvalue weighted by Gasteiger charge is 2.41. The molecule has 0 spiro atoms. The molecule has 0 saturated carbocycles. The van der Waals surface area contributed by atoms with E-state index in [-0.39, 0.29) is 5.16 Å². The van der Waals surface area contributed by atoms with Gasteiger partial charge in [0.05, 0.1) is 5.69 Å². The summed E-state index contributed by atoms with van der Waals surface area (Å²) in [5, 5.41) is -0.283. The summed E-state index contributed by atoms with van der Waals surface area (Å²) >= 11 is 7.15. The fraction of sp³-hybridized carbons (Fsp3) is 0.238. The van der Waals surface area contributed by atoms with E-state index in [4.69, 9.17) is 13.7 Å². The van der Waals surface area contributed by atoms with Gasteiger partial charge >= 0.3 is 0 Å². The van der Waals surface area contributed by atoms with E-state index in [9.17, 15) is 0 Å². The van der Waals surface area contributed by atoms with Crippen molar-refractivity contribution >= 4 is 50.3 Å². The number of rotatable bonds is 4. The fourth-order valence-electron chi connectivity index (χ4n) is 2.68. The van der Waals surface area contributed by atoms with Crippen molar-refractivity contribution in [3.05, 3.63) is 75.4 Å². The van der Waals surface area contributed by atoms with Crippen molar-refractivity contribution < 1.29 is 8.94 Å². The van der Waals surface area contributed by atoms with Crippen LogP contribution in [0.3, 0.4) is 0 Å². The van der Waals surface area contributed by atoms with Gasteiger partial charge in [0.25, 0.3) is 0 Å². The fourth-order valence-corrected chi connectivity index (χ4v) is 6.47. The Balaban J connectivity index is 2.31. The Hall–Kier alpha value is -1.29. The van der Waals surface area contributed by atoms with Gasteiger partial charge in [-0.3, -0.25) is 0 Å². The molecule has 1 unspecified atom stereocenters. The van der Waals surface area contributed by atoms with E-state index < -0.39 is 7.28 Å². The lowest BCUT2D eigenvalue weighted by Gasteiger charge is -2.35. The van der Waals surface area contributed by atoms with Gasteiger partial charge in [-0.05, 0) is 65.3 Å². The quantitative estimate of drug-likeness (QED) is 0.332. The van der Waals surface area contributed by atoms with E-state index in [0.717, 1.165) is 31.6 Å². The monoisotopic (exact) mass is 509 g/mol. The number of halogens is 2. The highest BCUT2D eigenvalue weighted by atomic mass is 79.9. The van der Waals surface area contributed by atoms with Crippen LogP contribution in [0, 0.1) is 6.92 Å². The van der Waals surface area contributed by atoms with Crippen LogP contribution < -0.4 is 10.0 Å². The molecule has 1 aromatic heterocycles. The van der Waals surface area contributed by atoms with Crippen molar-refractivity contribution in [1.82, 2.24) is 0 Å². The van der Waals surface area contributed by atoms with Gasteiger partial charge in [-0.25, -0.2) is 4.74 Å². The van der Waals surface area contributed by atoms with Crippen LogP contribution in [-0.4, -0.2) is 5.16 Å². The van der Waals surface area contributed by atoms with Crippen LogP contribution in [0.4, 0.5) is 5.69 Å². The molecule has 142 valence electrons. The summed E-state index contributed by atoms with van der Waals surface area (Å²) in [6.45, 7) is 8.39. The maximum atomic E-state index is 6.71. The third-order valence-corrected chi connectivity index (χ3v) is 8.86. The first-order valence-electron chi connectivity index (χ1n) is 8.60. The Morgan fingerprint density at radius 1 is 0.963 bits per heavy atom. The molecular weight excluding hydrogens is 489 g/mol. The van der Waals surface area contributed by atoms with Gasteiger partial charge < -0.3 is 8.94 Å². The topological polar surface area (TPSA) is 34.7 Å². The Morgan fingerprint density at radius 3 is 2.30 bits per heavy atom. The second-order valence-corrected chi connectivity index (χ2v) is 12.3. The minimum absolute atomic E-state index is 0.283. The van der Waals surface area contributed by atoms with Gasteiger partial charge in [-0.15, -0.1) is 0 Å². The third kappa shape index (κ3) is 4.42. The highest BCUT2D eigenvalue weighted by molar-refractivity contribution is 9.10. The van der Waals surface area contributed by atoms with Gasteiger partial charge in [0, 0.05) is 14.1 Å². The zero-order valence-electron chi connectivity index (χ0n) is 15.7. The summed E-state index contributed by atoms with van der Waals surface area (Å²) in [7, 11) is -2.59. The van der Waals surface area contributed by atoms with E-state index in [0.29, 0.717) is 0 Å². The largest absolute Gasteiger partial charge is 0.457 e. The average Bonchev–Trinajstić information content (AvgIpc) is 3.02. The molecule has 0 aliphatic rings. The molecule has 27 heavy (non-hydrogen) atoms. The maximum absolute atomic E-state index is 6.71. The standard InChI is InChI=1S/C21H22Br2NO2P/c1-15-12-13-20(25-15)27(21(2,3)4,24-19-11-6-5-10-18(19)23)26-17-9-7-8-16(22)14-17/h5-14H,1-4H3. The molecule has 3 aromatic rings. The summed E-state index contributed by atoms with van der Waals surface area (Å²) in [5.74, 6) is 1.61. The minimum atomic E-state index is -2.59. The van der Waals surface area contributed by atoms with Crippen LogP contribution in [0.2, 0.25) is 0 Å². The molecule has 0 amide bonds. The zero-order chi connectivity index (χ0) is 19.7. The summed E-state index contributed by atoms with van der Waals surface area (Å²) in [6, 6.07) is 19.8. The molecule has 0 fully saturated rings. The minimum Gasteiger partial charge on any atom is -0.457 e. The second-order valence-electron chi connectivity index (χ2n) is 7.23. The van der Waals surface area contributed by atoms with Crippen molar-refractivity contribution in [3.63, 3.8) is 0 Å². The summed E-state index contributed by atoms with van der Waals surface area (Å²) in [4.78, 5) is 0. The molecule has 1 heterocycles. The Kier molecular flexibility index (Phi) is 6.05. The third-order valence-electron chi connectivity index (χ3n) is 4.07. The molecule has 0 bridgehead atoms. The molecular formula is C21H22Br2NO2P. The van der Waals surface area contributed by atoms with Crippen LogP contribution in [-0.2, 0) is 0 Å². The number of hydrogen-bond acceptors (Lipinski definition) is 3. The number of hydrogen-bond donors (Lipinski definition) is 0. The molecule has 0 aliphatic carbocycles. The SMILES string of the molecule is Cc1ccc(P(=Nc2ccccc2Br)(Oc2cccc(Br)c2)C(C)(C)C)o1. The molecule has 0 radical (unpaired) electrons. The van der Waals surface area contributed by atoms with Crippen LogP contribution in [0.15, 0.2) is 78.8 Å². The lowest BCUT2D eigenvalue weighted by atomic mass is 10.3. The normalized spacial score (nSPS) is 13.9. The molecule has 0 N–H and O–H groups in total. The predicted molar refractivity (Wildman–Crippen MR) is 121 cm³/mol. The lowest BCUT2D eigenvalue weighted by Crippen LogP contribution is -2.26.